The molecule has 0 saturated heterocycles. The third-order valence-corrected chi connectivity index (χ3v) is 4.87. The highest BCUT2D eigenvalue weighted by atomic mass is 16.5. The van der Waals surface area contributed by atoms with E-state index in [1.807, 2.05) is 13.8 Å². The fourth-order valence-electron chi connectivity index (χ4n) is 3.73. The van der Waals surface area contributed by atoms with Crippen molar-refractivity contribution >= 4 is 11.9 Å². The molecule has 0 radical (unpaired) electrons. The van der Waals surface area contributed by atoms with Crippen molar-refractivity contribution in [1.82, 2.24) is 0 Å². The summed E-state index contributed by atoms with van der Waals surface area (Å²) >= 11 is 0. The van der Waals surface area contributed by atoms with Crippen LogP contribution in [-0.2, 0) is 14.3 Å². The quantitative estimate of drug-likeness (QED) is 0.572. The smallest absolute Gasteiger partial charge is 0.323 e. The summed E-state index contributed by atoms with van der Waals surface area (Å²) in [4.78, 5) is 24.5. The largest absolute Gasteiger partial charge is 0.480 e. The Morgan fingerprint density at radius 3 is 2.14 bits per heavy atom. The van der Waals surface area contributed by atoms with Crippen molar-refractivity contribution in [2.24, 2.45) is 23.2 Å². The molecule has 1 fully saturated rings. The van der Waals surface area contributed by atoms with Crippen LogP contribution in [0.15, 0.2) is 0 Å². The van der Waals surface area contributed by atoms with Gasteiger partial charge in [0.15, 0.2) is 5.41 Å². The Bertz CT molecular complexity index is 356. The van der Waals surface area contributed by atoms with E-state index < -0.39 is 17.4 Å². The zero-order valence-corrected chi connectivity index (χ0v) is 13.9. The molecular formula is C17H30O4. The Morgan fingerprint density at radius 1 is 1.19 bits per heavy atom. The summed E-state index contributed by atoms with van der Waals surface area (Å²) in [5.41, 5.74) is -1.36. The fourth-order valence-corrected chi connectivity index (χ4v) is 3.73. The summed E-state index contributed by atoms with van der Waals surface area (Å²) in [7, 11) is 0. The van der Waals surface area contributed by atoms with Gasteiger partial charge in [-0.15, -0.1) is 0 Å². The highest BCUT2D eigenvalue weighted by Crippen LogP contribution is 2.46. The standard InChI is InChI=1S/C17H30O4/c1-5-13-7-9-14(10-8-13)17(15(18)19,11-12(3)4)16(20)21-6-2/h12-14H,5-11H2,1-4H3,(H,18,19). The number of carbonyl (C=O) groups excluding carboxylic acids is 1. The monoisotopic (exact) mass is 298 g/mol. The van der Waals surface area contributed by atoms with Crippen LogP contribution >= 0.6 is 0 Å². The molecule has 1 unspecified atom stereocenters. The second-order valence-electron chi connectivity index (χ2n) is 6.72. The van der Waals surface area contributed by atoms with Crippen LogP contribution in [0.4, 0.5) is 0 Å². The number of hydrogen-bond donors (Lipinski definition) is 1. The van der Waals surface area contributed by atoms with E-state index in [9.17, 15) is 14.7 Å². The van der Waals surface area contributed by atoms with Crippen LogP contribution in [0.25, 0.3) is 0 Å². The van der Waals surface area contributed by atoms with Crippen LogP contribution in [0.2, 0.25) is 0 Å². The van der Waals surface area contributed by atoms with Gasteiger partial charge in [-0.25, -0.2) is 0 Å². The molecule has 4 heteroatoms. The molecule has 0 aromatic rings. The van der Waals surface area contributed by atoms with Gasteiger partial charge in [-0.3, -0.25) is 9.59 Å². The Labute approximate surface area is 128 Å². The van der Waals surface area contributed by atoms with Crippen molar-refractivity contribution in [2.75, 3.05) is 6.61 Å². The lowest BCUT2D eigenvalue weighted by Crippen LogP contribution is -2.49. The second kappa shape index (κ2) is 7.81. The second-order valence-corrected chi connectivity index (χ2v) is 6.72. The normalized spacial score (nSPS) is 25.4. The minimum absolute atomic E-state index is 0.0979. The van der Waals surface area contributed by atoms with Crippen LogP contribution in [0.5, 0.6) is 0 Å². The Hall–Kier alpha value is -1.06. The van der Waals surface area contributed by atoms with Crippen LogP contribution < -0.4 is 0 Å². The molecule has 0 amide bonds. The van der Waals surface area contributed by atoms with E-state index in [2.05, 4.69) is 6.92 Å². The summed E-state index contributed by atoms with van der Waals surface area (Å²) in [5, 5.41) is 9.84. The number of carboxylic acids is 1. The highest BCUT2D eigenvalue weighted by molar-refractivity contribution is 5.99. The van der Waals surface area contributed by atoms with Crippen molar-refractivity contribution in [1.29, 1.82) is 0 Å². The zero-order chi connectivity index (χ0) is 16.0. The average molecular weight is 298 g/mol. The van der Waals surface area contributed by atoms with Crippen molar-refractivity contribution in [3.8, 4) is 0 Å². The first-order chi connectivity index (χ1) is 9.88. The topological polar surface area (TPSA) is 63.6 Å². The van der Waals surface area contributed by atoms with Crippen LogP contribution in [0.3, 0.4) is 0 Å². The number of ether oxygens (including phenoxy) is 1. The molecular weight excluding hydrogens is 268 g/mol. The molecule has 1 rings (SSSR count). The summed E-state index contributed by atoms with van der Waals surface area (Å²) in [6.07, 6.45) is 5.17. The maximum atomic E-state index is 12.5. The van der Waals surface area contributed by atoms with E-state index in [1.54, 1.807) is 6.92 Å². The summed E-state index contributed by atoms with van der Waals surface area (Å²) in [6.45, 7) is 8.07. The van der Waals surface area contributed by atoms with Gasteiger partial charge < -0.3 is 9.84 Å². The number of esters is 1. The van der Waals surface area contributed by atoms with E-state index >= 15 is 0 Å². The number of hydrogen-bond acceptors (Lipinski definition) is 3. The van der Waals surface area contributed by atoms with Crippen molar-refractivity contribution in [3.05, 3.63) is 0 Å². The van der Waals surface area contributed by atoms with Crippen LogP contribution in [0.1, 0.15) is 66.2 Å². The van der Waals surface area contributed by atoms with Gasteiger partial charge in [-0.2, -0.15) is 0 Å². The van der Waals surface area contributed by atoms with Crippen molar-refractivity contribution in [3.63, 3.8) is 0 Å². The number of carbonyl (C=O) groups is 2. The van der Waals surface area contributed by atoms with E-state index in [4.69, 9.17) is 4.74 Å². The molecule has 0 aromatic carbocycles. The molecule has 1 N–H and O–H groups in total. The lowest BCUT2D eigenvalue weighted by Gasteiger charge is -2.40. The lowest BCUT2D eigenvalue weighted by atomic mass is 9.63. The van der Waals surface area contributed by atoms with Gasteiger partial charge in [-0.1, -0.05) is 40.0 Å². The molecule has 1 atom stereocenters. The SMILES string of the molecule is CCOC(=O)C(CC(C)C)(C(=O)O)C1CCC(CC)CC1. The highest BCUT2D eigenvalue weighted by Gasteiger charge is 2.54. The average Bonchev–Trinajstić information content (AvgIpc) is 2.44. The van der Waals surface area contributed by atoms with E-state index in [1.165, 1.54) is 0 Å². The fraction of sp³-hybridized carbons (Fsp3) is 0.882. The van der Waals surface area contributed by atoms with E-state index in [0.717, 1.165) is 32.1 Å². The summed E-state index contributed by atoms with van der Waals surface area (Å²) in [6, 6.07) is 0. The molecule has 122 valence electrons. The Balaban J connectivity index is 3.04. The molecule has 0 bridgehead atoms. The summed E-state index contributed by atoms with van der Waals surface area (Å²) < 4.78 is 5.16. The maximum absolute atomic E-state index is 12.5. The molecule has 1 saturated carbocycles. The lowest BCUT2D eigenvalue weighted by molar-refractivity contribution is -0.176. The third-order valence-electron chi connectivity index (χ3n) is 4.87. The van der Waals surface area contributed by atoms with Crippen LogP contribution in [-0.4, -0.2) is 23.7 Å². The molecule has 1 aliphatic rings. The molecule has 0 aliphatic heterocycles. The predicted octanol–water partition coefficient (Wildman–Crippen LogP) is 3.88. The van der Waals surface area contributed by atoms with Gasteiger partial charge in [-0.05, 0) is 43.9 Å². The number of carboxylic acid groups (broad SMARTS) is 1. The Kier molecular flexibility index (Phi) is 6.69. The molecule has 0 heterocycles. The van der Waals surface area contributed by atoms with E-state index in [0.29, 0.717) is 12.3 Å². The third kappa shape index (κ3) is 3.98. The molecule has 0 spiro atoms. The van der Waals surface area contributed by atoms with Gasteiger partial charge in [0.1, 0.15) is 0 Å². The molecule has 1 aliphatic carbocycles. The van der Waals surface area contributed by atoms with Crippen molar-refractivity contribution in [2.45, 2.75) is 66.2 Å². The number of aliphatic carboxylic acids is 1. The first-order valence-corrected chi connectivity index (χ1v) is 8.29. The molecule has 21 heavy (non-hydrogen) atoms. The van der Waals surface area contributed by atoms with Gasteiger partial charge in [0.05, 0.1) is 6.61 Å². The molecule has 0 aromatic heterocycles. The summed E-state index contributed by atoms with van der Waals surface area (Å²) in [5.74, 6) is -0.816. The van der Waals surface area contributed by atoms with Gasteiger partial charge in [0.2, 0.25) is 0 Å². The first kappa shape index (κ1) is 18.0. The first-order valence-electron chi connectivity index (χ1n) is 8.29. The minimum atomic E-state index is -1.36. The zero-order valence-electron chi connectivity index (χ0n) is 13.9. The predicted molar refractivity (Wildman–Crippen MR) is 81.9 cm³/mol. The molecule has 4 nitrogen and oxygen atoms in total. The van der Waals surface area contributed by atoms with Crippen molar-refractivity contribution < 1.29 is 19.4 Å². The number of rotatable bonds is 7. The van der Waals surface area contributed by atoms with Crippen LogP contribution in [0, 0.1) is 23.2 Å². The van der Waals surface area contributed by atoms with Gasteiger partial charge in [0, 0.05) is 0 Å². The Morgan fingerprint density at radius 2 is 1.76 bits per heavy atom. The minimum Gasteiger partial charge on any atom is -0.480 e. The maximum Gasteiger partial charge on any atom is 0.323 e. The van der Waals surface area contributed by atoms with Gasteiger partial charge in [0.25, 0.3) is 0 Å². The van der Waals surface area contributed by atoms with Gasteiger partial charge >= 0.3 is 11.9 Å². The van der Waals surface area contributed by atoms with E-state index in [-0.39, 0.29) is 18.4 Å².